The van der Waals surface area contributed by atoms with Gasteiger partial charge in [0.25, 0.3) is 11.8 Å². The maximum absolute atomic E-state index is 13.5. The molecule has 3 aromatic rings. The molecule has 0 atom stereocenters. The van der Waals surface area contributed by atoms with E-state index in [4.69, 9.17) is 9.47 Å². The van der Waals surface area contributed by atoms with Crippen LogP contribution in [-0.2, 0) is 9.59 Å². The van der Waals surface area contributed by atoms with Crippen LogP contribution in [0.3, 0.4) is 0 Å². The summed E-state index contributed by atoms with van der Waals surface area (Å²) < 4.78 is 10.9. The molecule has 3 aromatic carbocycles. The van der Waals surface area contributed by atoms with E-state index in [0.717, 1.165) is 5.56 Å². The van der Waals surface area contributed by atoms with Gasteiger partial charge < -0.3 is 14.8 Å². The zero-order valence-corrected chi connectivity index (χ0v) is 18.2. The van der Waals surface area contributed by atoms with Crippen molar-refractivity contribution in [3.8, 4) is 11.5 Å². The lowest BCUT2D eigenvalue weighted by atomic mass is 10.0. The van der Waals surface area contributed by atoms with E-state index < -0.39 is 5.91 Å². The van der Waals surface area contributed by atoms with Crippen LogP contribution in [0.25, 0.3) is 5.57 Å². The molecule has 0 aliphatic carbocycles. The Labute approximate surface area is 187 Å². The van der Waals surface area contributed by atoms with Gasteiger partial charge in [-0.05, 0) is 55.8 Å². The molecule has 0 aromatic heterocycles. The van der Waals surface area contributed by atoms with Gasteiger partial charge in [-0.2, -0.15) is 0 Å². The smallest absolute Gasteiger partial charge is 0.282 e. The van der Waals surface area contributed by atoms with Crippen molar-refractivity contribution in [1.82, 2.24) is 0 Å². The number of nitrogens with zero attached hydrogens (tertiary/aromatic N) is 1. The zero-order valence-electron chi connectivity index (χ0n) is 18.2. The number of hydrogen-bond donors (Lipinski definition) is 1. The van der Waals surface area contributed by atoms with Crippen LogP contribution < -0.4 is 19.7 Å². The van der Waals surface area contributed by atoms with Crippen molar-refractivity contribution in [2.24, 2.45) is 0 Å². The number of imide groups is 1. The minimum Gasteiger partial charge on any atom is -0.495 e. The molecule has 0 radical (unpaired) electrons. The van der Waals surface area contributed by atoms with Crippen LogP contribution in [0.15, 0.2) is 78.5 Å². The van der Waals surface area contributed by atoms with Crippen LogP contribution in [0.4, 0.5) is 11.4 Å². The van der Waals surface area contributed by atoms with E-state index >= 15 is 0 Å². The molecule has 0 saturated carbocycles. The summed E-state index contributed by atoms with van der Waals surface area (Å²) in [5.74, 6) is 0.456. The Morgan fingerprint density at radius 3 is 2.22 bits per heavy atom. The van der Waals surface area contributed by atoms with Gasteiger partial charge in [-0.15, -0.1) is 0 Å². The van der Waals surface area contributed by atoms with Gasteiger partial charge in [0, 0.05) is 0 Å². The van der Waals surface area contributed by atoms with Crippen molar-refractivity contribution < 1.29 is 19.1 Å². The number of rotatable bonds is 7. The highest BCUT2D eigenvalue weighted by molar-refractivity contribution is 6.46. The molecular formula is C26H24N2O4. The van der Waals surface area contributed by atoms with Gasteiger partial charge in [0.15, 0.2) is 0 Å². The Morgan fingerprint density at radius 1 is 0.875 bits per heavy atom. The first kappa shape index (κ1) is 21.2. The van der Waals surface area contributed by atoms with Gasteiger partial charge in [-0.25, -0.2) is 4.90 Å². The minimum absolute atomic E-state index is 0.198. The fraction of sp³-hybridized carbons (Fsp3) is 0.154. The maximum atomic E-state index is 13.5. The van der Waals surface area contributed by atoms with Crippen LogP contribution in [0.2, 0.25) is 0 Å². The van der Waals surface area contributed by atoms with Gasteiger partial charge in [-0.1, -0.05) is 42.0 Å². The van der Waals surface area contributed by atoms with Crippen LogP contribution in [-0.4, -0.2) is 25.5 Å². The molecule has 1 N–H and O–H groups in total. The highest BCUT2D eigenvalue weighted by atomic mass is 16.5. The number of hydrogen-bond acceptors (Lipinski definition) is 5. The van der Waals surface area contributed by atoms with E-state index in [1.54, 1.807) is 55.6 Å². The Hall–Kier alpha value is -4.06. The highest BCUT2D eigenvalue weighted by Gasteiger charge is 2.40. The van der Waals surface area contributed by atoms with Crippen LogP contribution >= 0.6 is 0 Å². The SMILES string of the molecule is CCOc1ccc(C2=C(Nc3ccccc3OC)C(=O)N(c3ccc(C)cc3)C2=O)cc1. The lowest BCUT2D eigenvalue weighted by Gasteiger charge is -2.16. The summed E-state index contributed by atoms with van der Waals surface area (Å²) in [5.41, 5.74) is 3.28. The Kier molecular flexibility index (Phi) is 5.94. The number of ether oxygens (including phenoxy) is 2. The molecule has 6 heteroatoms. The molecule has 0 unspecified atom stereocenters. The third-order valence-corrected chi connectivity index (χ3v) is 5.20. The standard InChI is InChI=1S/C26H24N2O4/c1-4-32-20-15-11-18(12-16-20)23-24(27-21-7-5-6-8-22(21)31-3)26(30)28(25(23)29)19-13-9-17(2)10-14-19/h5-16,27H,4H2,1-3H3. The second-order valence-electron chi connectivity index (χ2n) is 7.31. The topological polar surface area (TPSA) is 67.9 Å². The Morgan fingerprint density at radius 2 is 1.56 bits per heavy atom. The molecule has 162 valence electrons. The number of carbonyl (C=O) groups is 2. The van der Waals surface area contributed by atoms with Crippen molar-refractivity contribution >= 4 is 28.8 Å². The first-order chi connectivity index (χ1) is 15.5. The number of amides is 2. The molecule has 0 fully saturated rings. The first-order valence-electron chi connectivity index (χ1n) is 10.4. The molecule has 0 saturated heterocycles. The molecule has 32 heavy (non-hydrogen) atoms. The van der Waals surface area contributed by atoms with Crippen molar-refractivity contribution in [2.75, 3.05) is 23.9 Å². The van der Waals surface area contributed by atoms with Crippen LogP contribution in [0, 0.1) is 6.92 Å². The second-order valence-corrected chi connectivity index (χ2v) is 7.31. The molecule has 1 aliphatic heterocycles. The Balaban J connectivity index is 1.80. The molecule has 0 spiro atoms. The van der Waals surface area contributed by atoms with Gasteiger partial charge in [-0.3, -0.25) is 9.59 Å². The monoisotopic (exact) mass is 428 g/mol. The van der Waals surface area contributed by atoms with Gasteiger partial charge in [0.05, 0.1) is 30.7 Å². The lowest BCUT2D eigenvalue weighted by Crippen LogP contribution is -2.32. The molecule has 1 heterocycles. The number of methoxy groups -OCH3 is 1. The van der Waals surface area contributed by atoms with E-state index in [9.17, 15) is 9.59 Å². The summed E-state index contributed by atoms with van der Waals surface area (Å²) in [6, 6.07) is 21.7. The summed E-state index contributed by atoms with van der Waals surface area (Å²) in [7, 11) is 1.56. The molecule has 0 bridgehead atoms. The number of benzene rings is 3. The molecule has 4 rings (SSSR count). The minimum atomic E-state index is -0.423. The summed E-state index contributed by atoms with van der Waals surface area (Å²) >= 11 is 0. The fourth-order valence-corrected chi connectivity index (χ4v) is 3.61. The largest absolute Gasteiger partial charge is 0.495 e. The number of anilines is 2. The predicted molar refractivity (Wildman–Crippen MR) is 125 cm³/mol. The molecule has 6 nitrogen and oxygen atoms in total. The van der Waals surface area contributed by atoms with Crippen molar-refractivity contribution in [3.05, 3.63) is 89.6 Å². The average Bonchev–Trinajstić information content (AvgIpc) is 3.05. The number of aryl methyl sites for hydroxylation is 1. The third kappa shape index (κ3) is 3.95. The maximum Gasteiger partial charge on any atom is 0.282 e. The van der Waals surface area contributed by atoms with Gasteiger partial charge in [0.1, 0.15) is 17.2 Å². The van der Waals surface area contributed by atoms with Crippen molar-refractivity contribution in [3.63, 3.8) is 0 Å². The fourth-order valence-electron chi connectivity index (χ4n) is 3.61. The summed E-state index contributed by atoms with van der Waals surface area (Å²) in [5, 5.41) is 3.15. The normalized spacial score (nSPS) is 13.5. The third-order valence-electron chi connectivity index (χ3n) is 5.20. The zero-order chi connectivity index (χ0) is 22.7. The van der Waals surface area contributed by atoms with Crippen LogP contribution in [0.1, 0.15) is 18.1 Å². The van der Waals surface area contributed by atoms with E-state index in [1.165, 1.54) is 4.90 Å². The molecule has 2 amide bonds. The summed E-state index contributed by atoms with van der Waals surface area (Å²) in [4.78, 5) is 28.2. The van der Waals surface area contributed by atoms with Crippen molar-refractivity contribution in [2.45, 2.75) is 13.8 Å². The molecule has 1 aliphatic rings. The Bertz CT molecular complexity index is 1180. The van der Waals surface area contributed by atoms with Crippen LogP contribution in [0.5, 0.6) is 11.5 Å². The predicted octanol–water partition coefficient (Wildman–Crippen LogP) is 4.80. The number of carbonyl (C=O) groups excluding carboxylic acids is 2. The van der Waals surface area contributed by atoms with Gasteiger partial charge >= 0.3 is 0 Å². The average molecular weight is 428 g/mol. The van der Waals surface area contributed by atoms with Crippen molar-refractivity contribution in [1.29, 1.82) is 0 Å². The lowest BCUT2D eigenvalue weighted by molar-refractivity contribution is -0.120. The summed E-state index contributed by atoms with van der Waals surface area (Å²) in [6.07, 6.45) is 0. The summed E-state index contributed by atoms with van der Waals surface area (Å²) in [6.45, 7) is 4.40. The number of para-hydroxylation sites is 2. The van der Waals surface area contributed by atoms with Gasteiger partial charge in [0.2, 0.25) is 0 Å². The van der Waals surface area contributed by atoms with E-state index in [1.807, 2.05) is 38.1 Å². The number of nitrogens with one attached hydrogen (secondary N) is 1. The molecular weight excluding hydrogens is 404 g/mol. The van der Waals surface area contributed by atoms with E-state index in [2.05, 4.69) is 5.32 Å². The first-order valence-corrected chi connectivity index (χ1v) is 10.4. The van der Waals surface area contributed by atoms with E-state index in [0.29, 0.717) is 40.6 Å². The van der Waals surface area contributed by atoms with E-state index in [-0.39, 0.29) is 11.6 Å². The quantitative estimate of drug-likeness (QED) is 0.548. The highest BCUT2D eigenvalue weighted by Crippen LogP contribution is 2.36. The second kappa shape index (κ2) is 8.98.